The summed E-state index contributed by atoms with van der Waals surface area (Å²) in [5.74, 6) is -0.852. The summed E-state index contributed by atoms with van der Waals surface area (Å²) in [6.45, 7) is 17.2. The van der Waals surface area contributed by atoms with Crippen LogP contribution in [0.4, 0.5) is 0 Å². The number of ether oxygens (including phenoxy) is 1. The number of thiazole rings is 1. The lowest BCUT2D eigenvalue weighted by Gasteiger charge is -2.48. The molecule has 0 spiro atoms. The molecule has 0 aliphatic carbocycles. The summed E-state index contributed by atoms with van der Waals surface area (Å²) in [6, 6.07) is 0.271. The van der Waals surface area contributed by atoms with Crippen LogP contribution in [0, 0.1) is 11.8 Å². The molecule has 4 heterocycles. The van der Waals surface area contributed by atoms with Crippen molar-refractivity contribution < 1.29 is 18.8 Å². The highest BCUT2D eigenvalue weighted by molar-refractivity contribution is 8.04. The van der Waals surface area contributed by atoms with Crippen molar-refractivity contribution in [2.24, 2.45) is 11.8 Å². The van der Waals surface area contributed by atoms with Gasteiger partial charge >= 0.3 is 5.97 Å². The molecule has 0 aromatic carbocycles. The SMILES string of the molecule is C=CCOC(=O)C1=C(Sc2nc(C3=C[C@@H](C)N(C)C3)cs2)[C@H](C)[C@@H]2[C@@H]([C@@H](C)O[Si](C)(C)C)C(=O)N12. The topological polar surface area (TPSA) is 72.0 Å². The van der Waals surface area contributed by atoms with Gasteiger partial charge in [0, 0.05) is 28.8 Å². The molecule has 0 saturated carbocycles. The first kappa shape index (κ1) is 26.3. The lowest BCUT2D eigenvalue weighted by molar-refractivity contribution is -0.163. The molecule has 7 nitrogen and oxygen atoms in total. The minimum Gasteiger partial charge on any atom is -0.457 e. The van der Waals surface area contributed by atoms with E-state index in [4.69, 9.17) is 14.1 Å². The Balaban J connectivity index is 1.61. The first-order chi connectivity index (χ1) is 16.4. The van der Waals surface area contributed by atoms with Crippen LogP contribution < -0.4 is 0 Å². The quantitative estimate of drug-likeness (QED) is 0.199. The molecule has 0 bridgehead atoms. The standard InChI is InChI=1S/C25H35N3O4S2Si/c1-9-10-31-24(30)21-22(34-25-26-18(13-33-25)17-11-14(2)27(5)12-17)15(3)20-19(23(29)28(20)21)16(4)32-35(6,7)8/h9,11,13-16,19-20H,1,10,12H2,2-8H3/t14-,15-,16-,19-,20-/m1/s1. The minimum atomic E-state index is -1.82. The van der Waals surface area contributed by atoms with Gasteiger partial charge in [-0.3, -0.25) is 9.69 Å². The Kier molecular flexibility index (Phi) is 7.50. The predicted molar refractivity (Wildman–Crippen MR) is 143 cm³/mol. The molecule has 4 rings (SSSR count). The molecule has 1 saturated heterocycles. The van der Waals surface area contributed by atoms with Crippen LogP contribution in [0.1, 0.15) is 26.5 Å². The summed E-state index contributed by atoms with van der Waals surface area (Å²) in [6.07, 6.45) is 3.58. The van der Waals surface area contributed by atoms with Crippen LogP contribution in [0.5, 0.6) is 0 Å². The van der Waals surface area contributed by atoms with E-state index in [0.717, 1.165) is 21.5 Å². The second kappa shape index (κ2) is 9.97. The van der Waals surface area contributed by atoms with Crippen molar-refractivity contribution in [3.8, 4) is 0 Å². The maximum Gasteiger partial charge on any atom is 0.356 e. The van der Waals surface area contributed by atoms with Crippen LogP contribution in [-0.4, -0.2) is 73.4 Å². The fourth-order valence-electron chi connectivity index (χ4n) is 5.06. The third-order valence-electron chi connectivity index (χ3n) is 6.73. The number of β-lactam (4-membered cyclic amide) rings is 1. The number of likely N-dealkylation sites (N-methyl/N-ethyl adjacent to an activating group) is 1. The zero-order valence-electron chi connectivity index (χ0n) is 21.5. The van der Waals surface area contributed by atoms with Crippen molar-refractivity contribution in [3.63, 3.8) is 0 Å². The summed E-state index contributed by atoms with van der Waals surface area (Å²) in [7, 11) is 0.279. The smallest absolute Gasteiger partial charge is 0.356 e. The number of aromatic nitrogens is 1. The number of carbonyl (C=O) groups is 2. The number of hydrogen-bond acceptors (Lipinski definition) is 8. The third kappa shape index (κ3) is 5.09. The number of fused-ring (bicyclic) bond motifs is 1. The molecule has 3 aliphatic heterocycles. The molecule has 190 valence electrons. The van der Waals surface area contributed by atoms with E-state index in [9.17, 15) is 9.59 Å². The fraction of sp³-hybridized carbons (Fsp3) is 0.560. The van der Waals surface area contributed by atoms with Crippen molar-refractivity contribution in [1.82, 2.24) is 14.8 Å². The highest BCUT2D eigenvalue weighted by Gasteiger charge is 2.61. The van der Waals surface area contributed by atoms with Gasteiger partial charge in [0.05, 0.1) is 23.8 Å². The van der Waals surface area contributed by atoms with E-state index in [-0.39, 0.29) is 36.5 Å². The van der Waals surface area contributed by atoms with Crippen LogP contribution in [0.15, 0.2) is 39.1 Å². The number of esters is 1. The van der Waals surface area contributed by atoms with Gasteiger partial charge in [-0.1, -0.05) is 37.4 Å². The average Bonchev–Trinajstić information content (AvgIpc) is 3.42. The largest absolute Gasteiger partial charge is 0.457 e. The first-order valence-corrected chi connectivity index (χ1v) is 17.1. The molecular weight excluding hydrogens is 499 g/mol. The molecule has 0 radical (unpaired) electrons. The summed E-state index contributed by atoms with van der Waals surface area (Å²) in [5, 5.41) is 2.07. The number of thioether (sulfide) groups is 1. The number of hydrogen-bond donors (Lipinski definition) is 0. The number of amides is 1. The van der Waals surface area contributed by atoms with Crippen LogP contribution in [0.3, 0.4) is 0 Å². The van der Waals surface area contributed by atoms with E-state index in [1.165, 1.54) is 23.4 Å². The maximum atomic E-state index is 13.3. The van der Waals surface area contributed by atoms with Crippen molar-refractivity contribution in [3.05, 3.63) is 40.4 Å². The molecule has 5 atom stereocenters. The van der Waals surface area contributed by atoms with Crippen LogP contribution >= 0.6 is 23.1 Å². The number of carbonyl (C=O) groups excluding carboxylic acids is 2. The van der Waals surface area contributed by atoms with Gasteiger partial charge in [0.25, 0.3) is 0 Å². The first-order valence-electron chi connectivity index (χ1n) is 12.0. The summed E-state index contributed by atoms with van der Waals surface area (Å²) < 4.78 is 12.5. The molecule has 0 unspecified atom stereocenters. The Hall–Kier alpha value is -1.72. The Morgan fingerprint density at radius 2 is 2.11 bits per heavy atom. The molecule has 1 aromatic rings. The van der Waals surface area contributed by atoms with Gasteiger partial charge in [-0.05, 0) is 46.1 Å². The van der Waals surface area contributed by atoms with Gasteiger partial charge < -0.3 is 14.1 Å². The molecule has 3 aliphatic rings. The van der Waals surface area contributed by atoms with E-state index in [1.54, 1.807) is 16.2 Å². The fourth-order valence-corrected chi connectivity index (χ4v) is 8.44. The van der Waals surface area contributed by atoms with E-state index in [0.29, 0.717) is 11.7 Å². The van der Waals surface area contributed by atoms with E-state index >= 15 is 0 Å². The zero-order chi connectivity index (χ0) is 25.7. The Labute approximate surface area is 217 Å². The van der Waals surface area contributed by atoms with Crippen molar-refractivity contribution >= 4 is 48.9 Å². The number of rotatable bonds is 9. The van der Waals surface area contributed by atoms with E-state index in [2.05, 4.69) is 63.5 Å². The van der Waals surface area contributed by atoms with Crippen LogP contribution in [0.2, 0.25) is 19.6 Å². The van der Waals surface area contributed by atoms with Crippen molar-refractivity contribution in [2.75, 3.05) is 20.2 Å². The monoisotopic (exact) mass is 533 g/mol. The molecule has 1 fully saturated rings. The van der Waals surface area contributed by atoms with Crippen LogP contribution in [-0.2, 0) is 18.8 Å². The van der Waals surface area contributed by atoms with Gasteiger partial charge in [-0.25, -0.2) is 9.78 Å². The zero-order valence-corrected chi connectivity index (χ0v) is 24.2. The van der Waals surface area contributed by atoms with Gasteiger partial charge in [-0.2, -0.15) is 0 Å². The van der Waals surface area contributed by atoms with Gasteiger partial charge in [-0.15, -0.1) is 11.3 Å². The maximum absolute atomic E-state index is 13.3. The normalized spacial score (nSPS) is 27.6. The molecule has 35 heavy (non-hydrogen) atoms. The lowest BCUT2D eigenvalue weighted by Crippen LogP contribution is -2.64. The molecule has 10 heteroatoms. The van der Waals surface area contributed by atoms with E-state index in [1.807, 2.05) is 6.92 Å². The third-order valence-corrected chi connectivity index (χ3v) is 10.0. The average molecular weight is 534 g/mol. The van der Waals surface area contributed by atoms with Crippen molar-refractivity contribution in [1.29, 1.82) is 0 Å². The van der Waals surface area contributed by atoms with Crippen LogP contribution in [0.25, 0.3) is 5.57 Å². The van der Waals surface area contributed by atoms with E-state index < -0.39 is 14.3 Å². The summed E-state index contributed by atoms with van der Waals surface area (Å²) >= 11 is 3.05. The molecule has 1 amide bonds. The van der Waals surface area contributed by atoms with Gasteiger partial charge in [0.2, 0.25) is 5.91 Å². The van der Waals surface area contributed by atoms with Crippen molar-refractivity contribution in [2.45, 2.75) is 62.9 Å². The van der Waals surface area contributed by atoms with Gasteiger partial charge in [0.1, 0.15) is 12.3 Å². The molecular formula is C25H35N3O4S2Si. The molecule has 1 aromatic heterocycles. The minimum absolute atomic E-state index is 0.0223. The Morgan fingerprint density at radius 1 is 1.40 bits per heavy atom. The highest BCUT2D eigenvalue weighted by atomic mass is 32.2. The Morgan fingerprint density at radius 3 is 2.71 bits per heavy atom. The summed E-state index contributed by atoms with van der Waals surface area (Å²) in [4.78, 5) is 36.0. The Bertz CT molecular complexity index is 1090. The number of nitrogens with zero attached hydrogens (tertiary/aromatic N) is 3. The molecule has 0 N–H and O–H groups in total. The second-order valence-electron chi connectivity index (χ2n) is 10.5. The van der Waals surface area contributed by atoms with Gasteiger partial charge in [0.15, 0.2) is 12.7 Å². The predicted octanol–water partition coefficient (Wildman–Crippen LogP) is 4.61. The summed E-state index contributed by atoms with van der Waals surface area (Å²) in [5.41, 5.74) is 2.55. The second-order valence-corrected chi connectivity index (χ2v) is 17.1. The lowest BCUT2D eigenvalue weighted by atomic mass is 9.79. The highest BCUT2D eigenvalue weighted by Crippen LogP contribution is 2.53.